The van der Waals surface area contributed by atoms with Crippen LogP contribution in [-0.2, 0) is 11.2 Å². The predicted octanol–water partition coefficient (Wildman–Crippen LogP) is 1.69. The smallest absolute Gasteiger partial charge is 0.227 e. The van der Waals surface area contributed by atoms with Crippen molar-refractivity contribution >= 4 is 23.1 Å². The fourth-order valence-corrected chi connectivity index (χ4v) is 2.16. The Kier molecular flexibility index (Phi) is 7.93. The van der Waals surface area contributed by atoms with Gasteiger partial charge < -0.3 is 15.5 Å². The Labute approximate surface area is 132 Å². The number of carbonyl (C=O) groups is 1. The maximum absolute atomic E-state index is 12.4. The molecule has 0 radical (unpaired) electrons. The topological polar surface area (TPSA) is 49.6 Å². The molecule has 0 aliphatic carbocycles. The molecule has 21 heavy (non-hydrogen) atoms. The zero-order valence-corrected chi connectivity index (χ0v) is 13.7. The molecule has 0 fully saturated rings. The third-order valence-corrected chi connectivity index (χ3v) is 3.42. The van der Waals surface area contributed by atoms with E-state index in [9.17, 15) is 4.79 Å². The number of nitrogens with two attached hydrogens (primary N) is 1. The molecule has 116 valence electrons. The minimum Gasteiger partial charge on any atom is -0.393 e. The highest BCUT2D eigenvalue weighted by atomic mass is 32.1. The lowest BCUT2D eigenvalue weighted by molar-refractivity contribution is -0.130. The molecule has 4 nitrogen and oxygen atoms in total. The van der Waals surface area contributed by atoms with Crippen LogP contribution in [0.3, 0.4) is 0 Å². The van der Waals surface area contributed by atoms with Crippen molar-refractivity contribution in [2.24, 2.45) is 5.73 Å². The molecule has 0 aliphatic rings. The summed E-state index contributed by atoms with van der Waals surface area (Å²) < 4.78 is 0. The summed E-state index contributed by atoms with van der Waals surface area (Å²) in [7, 11) is 4.07. The Balaban J connectivity index is 2.56. The summed E-state index contributed by atoms with van der Waals surface area (Å²) in [5, 5.41) is 0. The van der Waals surface area contributed by atoms with E-state index in [-0.39, 0.29) is 5.91 Å². The van der Waals surface area contributed by atoms with Gasteiger partial charge in [0.2, 0.25) is 5.91 Å². The fraction of sp³-hybridized carbons (Fsp3) is 0.500. The van der Waals surface area contributed by atoms with Crippen LogP contribution in [0.4, 0.5) is 0 Å². The number of hydrogen-bond donors (Lipinski definition) is 1. The molecular formula is C16H25N3OS. The highest BCUT2D eigenvalue weighted by Crippen LogP contribution is 2.05. The number of nitrogens with zero attached hydrogens (tertiary/aromatic N) is 2. The van der Waals surface area contributed by atoms with Crippen LogP contribution in [-0.4, -0.2) is 54.4 Å². The van der Waals surface area contributed by atoms with Crippen LogP contribution in [0.15, 0.2) is 30.3 Å². The third-order valence-electron chi connectivity index (χ3n) is 3.21. The van der Waals surface area contributed by atoms with Crippen molar-refractivity contribution in [1.29, 1.82) is 0 Å². The largest absolute Gasteiger partial charge is 0.393 e. The number of benzene rings is 1. The first kappa shape index (κ1) is 17.6. The second-order valence-electron chi connectivity index (χ2n) is 5.42. The van der Waals surface area contributed by atoms with E-state index in [2.05, 4.69) is 4.90 Å². The second kappa shape index (κ2) is 9.47. The van der Waals surface area contributed by atoms with Gasteiger partial charge in [-0.15, -0.1) is 0 Å². The minimum atomic E-state index is 0.135. The Morgan fingerprint density at radius 3 is 2.38 bits per heavy atom. The summed E-state index contributed by atoms with van der Waals surface area (Å²) in [5.74, 6) is 0.135. The molecule has 1 aromatic carbocycles. The maximum atomic E-state index is 12.4. The molecule has 0 saturated carbocycles. The Morgan fingerprint density at radius 1 is 1.14 bits per heavy atom. The van der Waals surface area contributed by atoms with Crippen molar-refractivity contribution in [3.8, 4) is 0 Å². The summed E-state index contributed by atoms with van der Waals surface area (Å²) in [4.78, 5) is 16.9. The van der Waals surface area contributed by atoms with Crippen LogP contribution < -0.4 is 5.73 Å². The van der Waals surface area contributed by atoms with E-state index in [1.165, 1.54) is 0 Å². The van der Waals surface area contributed by atoms with Gasteiger partial charge in [-0.2, -0.15) is 0 Å². The van der Waals surface area contributed by atoms with E-state index in [1.807, 2.05) is 49.3 Å². The quantitative estimate of drug-likeness (QED) is 0.705. The average Bonchev–Trinajstić information content (AvgIpc) is 2.43. The molecule has 0 spiro atoms. The Bertz CT molecular complexity index is 448. The summed E-state index contributed by atoms with van der Waals surface area (Å²) in [6, 6.07) is 9.81. The molecule has 0 aliphatic heterocycles. The molecule has 5 heteroatoms. The van der Waals surface area contributed by atoms with Gasteiger partial charge in [-0.3, -0.25) is 4.79 Å². The zero-order valence-electron chi connectivity index (χ0n) is 12.9. The number of rotatable bonds is 9. The molecule has 0 unspecified atom stereocenters. The third kappa shape index (κ3) is 7.78. The van der Waals surface area contributed by atoms with Gasteiger partial charge in [0.15, 0.2) is 0 Å². The van der Waals surface area contributed by atoms with Gasteiger partial charge >= 0.3 is 0 Å². The van der Waals surface area contributed by atoms with Gasteiger partial charge in [-0.05, 0) is 32.6 Å². The summed E-state index contributed by atoms with van der Waals surface area (Å²) in [5.41, 5.74) is 6.59. The van der Waals surface area contributed by atoms with Crippen LogP contribution >= 0.6 is 12.2 Å². The van der Waals surface area contributed by atoms with Crippen molar-refractivity contribution in [3.05, 3.63) is 35.9 Å². The molecule has 0 bridgehead atoms. The van der Waals surface area contributed by atoms with Gasteiger partial charge in [-0.1, -0.05) is 42.5 Å². The van der Waals surface area contributed by atoms with E-state index < -0.39 is 0 Å². The first-order valence-corrected chi connectivity index (χ1v) is 7.64. The van der Waals surface area contributed by atoms with E-state index in [1.54, 1.807) is 0 Å². The van der Waals surface area contributed by atoms with Crippen LogP contribution in [0.5, 0.6) is 0 Å². The molecule has 1 amide bonds. The summed E-state index contributed by atoms with van der Waals surface area (Å²) in [6.45, 7) is 2.31. The number of carbonyl (C=O) groups excluding carboxylic acids is 1. The van der Waals surface area contributed by atoms with Crippen LogP contribution in [0.25, 0.3) is 0 Å². The lowest BCUT2D eigenvalue weighted by Gasteiger charge is -2.23. The van der Waals surface area contributed by atoms with Gasteiger partial charge in [0, 0.05) is 19.5 Å². The SMILES string of the molecule is CN(C)CCCN(CCC(N)=S)C(=O)Cc1ccccc1. The predicted molar refractivity (Wildman–Crippen MR) is 91.3 cm³/mol. The number of hydrogen-bond acceptors (Lipinski definition) is 3. The van der Waals surface area contributed by atoms with Gasteiger partial charge in [-0.25, -0.2) is 0 Å². The zero-order chi connectivity index (χ0) is 15.7. The van der Waals surface area contributed by atoms with Gasteiger partial charge in [0.25, 0.3) is 0 Å². The van der Waals surface area contributed by atoms with Crippen LogP contribution in [0.2, 0.25) is 0 Å². The summed E-state index contributed by atoms with van der Waals surface area (Å²) in [6.07, 6.45) is 1.96. The molecular weight excluding hydrogens is 282 g/mol. The van der Waals surface area contributed by atoms with Crippen LogP contribution in [0, 0.1) is 0 Å². The first-order valence-electron chi connectivity index (χ1n) is 7.23. The van der Waals surface area contributed by atoms with E-state index in [0.717, 1.165) is 25.1 Å². The fourth-order valence-electron chi connectivity index (χ4n) is 2.07. The Morgan fingerprint density at radius 2 is 1.81 bits per heavy atom. The monoisotopic (exact) mass is 307 g/mol. The van der Waals surface area contributed by atoms with Crippen molar-refractivity contribution < 1.29 is 4.79 Å². The molecule has 2 N–H and O–H groups in total. The van der Waals surface area contributed by atoms with E-state index in [0.29, 0.717) is 24.4 Å². The number of amides is 1. The first-order chi connectivity index (χ1) is 9.99. The Hall–Kier alpha value is -1.46. The van der Waals surface area contributed by atoms with Crippen molar-refractivity contribution in [2.75, 3.05) is 33.7 Å². The average molecular weight is 307 g/mol. The normalized spacial score (nSPS) is 10.6. The standard InChI is InChI=1S/C16H25N3OS/c1-18(2)10-6-11-19(12-9-15(17)21)16(20)13-14-7-4-3-5-8-14/h3-5,7-8H,6,9-13H2,1-2H3,(H2,17,21). The molecule has 1 rings (SSSR count). The van der Waals surface area contributed by atoms with Crippen LogP contribution in [0.1, 0.15) is 18.4 Å². The summed E-state index contributed by atoms with van der Waals surface area (Å²) >= 11 is 4.92. The van der Waals surface area contributed by atoms with Crippen molar-refractivity contribution in [3.63, 3.8) is 0 Å². The van der Waals surface area contributed by atoms with Gasteiger partial charge in [0.05, 0.1) is 11.4 Å². The number of thiocarbonyl (C=S) groups is 1. The van der Waals surface area contributed by atoms with E-state index >= 15 is 0 Å². The van der Waals surface area contributed by atoms with E-state index in [4.69, 9.17) is 18.0 Å². The minimum absolute atomic E-state index is 0.135. The molecule has 0 saturated heterocycles. The molecule has 1 aromatic rings. The van der Waals surface area contributed by atoms with Gasteiger partial charge in [0.1, 0.15) is 0 Å². The lowest BCUT2D eigenvalue weighted by Crippen LogP contribution is -2.36. The molecule has 0 aromatic heterocycles. The highest BCUT2D eigenvalue weighted by molar-refractivity contribution is 7.80. The highest BCUT2D eigenvalue weighted by Gasteiger charge is 2.14. The molecule has 0 heterocycles. The molecule has 0 atom stereocenters. The maximum Gasteiger partial charge on any atom is 0.227 e. The second-order valence-corrected chi connectivity index (χ2v) is 5.94. The van der Waals surface area contributed by atoms with Crippen molar-refractivity contribution in [1.82, 2.24) is 9.80 Å². The van der Waals surface area contributed by atoms with Crippen molar-refractivity contribution in [2.45, 2.75) is 19.3 Å². The lowest BCUT2D eigenvalue weighted by atomic mass is 10.1.